The van der Waals surface area contributed by atoms with Gasteiger partial charge in [-0.1, -0.05) is 0 Å². The van der Waals surface area contributed by atoms with E-state index in [-0.39, 0.29) is 12.1 Å². The zero-order valence-electron chi connectivity index (χ0n) is 12.9. The van der Waals surface area contributed by atoms with E-state index in [0.29, 0.717) is 13.1 Å². The molecule has 1 aromatic rings. The van der Waals surface area contributed by atoms with Crippen LogP contribution in [0, 0.1) is 13.8 Å². The number of aromatic nitrogens is 1. The lowest BCUT2D eigenvalue weighted by Gasteiger charge is -2.40. The minimum absolute atomic E-state index is 0.241. The van der Waals surface area contributed by atoms with Gasteiger partial charge in [0, 0.05) is 18.8 Å². The minimum Gasteiger partial charge on any atom is -0.444 e. The highest BCUT2D eigenvalue weighted by Crippen LogP contribution is 2.20. The van der Waals surface area contributed by atoms with E-state index < -0.39 is 5.60 Å². The molecule has 0 bridgehead atoms. The van der Waals surface area contributed by atoms with Crippen molar-refractivity contribution < 1.29 is 9.53 Å². The van der Waals surface area contributed by atoms with Crippen LogP contribution in [-0.4, -0.2) is 40.7 Å². The molecule has 0 unspecified atom stereocenters. The number of carbonyl (C=O) groups excluding carboxylic acids is 1. The van der Waals surface area contributed by atoms with Crippen molar-refractivity contribution in [1.29, 1.82) is 0 Å². The first-order valence-electron chi connectivity index (χ1n) is 6.93. The number of anilines is 1. The molecule has 20 heavy (non-hydrogen) atoms. The molecule has 0 radical (unpaired) electrons. The number of ether oxygens (including phenoxy) is 1. The van der Waals surface area contributed by atoms with Gasteiger partial charge in [0.25, 0.3) is 0 Å². The molecule has 1 aliphatic heterocycles. The monoisotopic (exact) mass is 277 g/mol. The average Bonchev–Trinajstić information content (AvgIpc) is 2.22. The summed E-state index contributed by atoms with van der Waals surface area (Å²) in [6.45, 7) is 10.9. The van der Waals surface area contributed by atoms with Gasteiger partial charge in [0.2, 0.25) is 0 Å². The molecule has 0 saturated carbocycles. The van der Waals surface area contributed by atoms with Gasteiger partial charge in [0.15, 0.2) is 0 Å². The lowest BCUT2D eigenvalue weighted by molar-refractivity contribution is 0.0105. The number of hydrogen-bond donors (Lipinski definition) is 1. The SMILES string of the molecule is Cc1ccc(NC2CN(C(=O)OC(C)(C)C)C2)c(C)n1. The minimum atomic E-state index is -0.437. The summed E-state index contributed by atoms with van der Waals surface area (Å²) < 4.78 is 5.33. The maximum absolute atomic E-state index is 11.8. The molecule has 0 aromatic carbocycles. The second-order valence-electron chi connectivity index (χ2n) is 6.31. The largest absolute Gasteiger partial charge is 0.444 e. The molecule has 0 atom stereocenters. The molecule has 1 aliphatic rings. The van der Waals surface area contributed by atoms with E-state index in [2.05, 4.69) is 10.3 Å². The van der Waals surface area contributed by atoms with Crippen LogP contribution < -0.4 is 5.32 Å². The molecule has 1 amide bonds. The topological polar surface area (TPSA) is 54.5 Å². The summed E-state index contributed by atoms with van der Waals surface area (Å²) in [5, 5.41) is 3.41. The third kappa shape index (κ3) is 3.62. The molecule has 2 heterocycles. The molecule has 5 nitrogen and oxygen atoms in total. The van der Waals surface area contributed by atoms with Gasteiger partial charge in [-0.25, -0.2) is 4.79 Å². The van der Waals surface area contributed by atoms with E-state index in [9.17, 15) is 4.79 Å². The Morgan fingerprint density at radius 3 is 2.55 bits per heavy atom. The van der Waals surface area contributed by atoms with Gasteiger partial charge in [-0.15, -0.1) is 0 Å². The van der Waals surface area contributed by atoms with Crippen LogP contribution in [0.25, 0.3) is 0 Å². The van der Waals surface area contributed by atoms with Crippen LogP contribution in [0.4, 0.5) is 10.5 Å². The number of pyridine rings is 1. The van der Waals surface area contributed by atoms with Crippen LogP contribution in [0.3, 0.4) is 0 Å². The fourth-order valence-electron chi connectivity index (χ4n) is 2.10. The number of nitrogens with one attached hydrogen (secondary N) is 1. The molecular weight excluding hydrogens is 254 g/mol. The number of nitrogens with zero attached hydrogens (tertiary/aromatic N) is 2. The highest BCUT2D eigenvalue weighted by atomic mass is 16.6. The number of carbonyl (C=O) groups is 1. The van der Waals surface area contributed by atoms with Gasteiger partial charge < -0.3 is 15.0 Å². The van der Waals surface area contributed by atoms with Gasteiger partial charge in [0.05, 0.1) is 17.4 Å². The Bertz CT molecular complexity index is 502. The molecule has 110 valence electrons. The summed E-state index contributed by atoms with van der Waals surface area (Å²) in [5.74, 6) is 0. The van der Waals surface area contributed by atoms with Crippen LogP contribution in [0.2, 0.25) is 0 Å². The maximum Gasteiger partial charge on any atom is 0.410 e. The van der Waals surface area contributed by atoms with E-state index in [1.807, 2.05) is 46.8 Å². The van der Waals surface area contributed by atoms with E-state index in [1.165, 1.54) is 0 Å². The number of aryl methyl sites for hydroxylation is 2. The summed E-state index contributed by atoms with van der Waals surface area (Å²) in [6, 6.07) is 4.29. The lowest BCUT2D eigenvalue weighted by Crippen LogP contribution is -2.58. The molecule has 1 aromatic heterocycles. The number of hydrogen-bond acceptors (Lipinski definition) is 4. The predicted molar refractivity (Wildman–Crippen MR) is 78.9 cm³/mol. The van der Waals surface area contributed by atoms with Crippen molar-refractivity contribution in [3.8, 4) is 0 Å². The molecule has 2 rings (SSSR count). The first-order chi connectivity index (χ1) is 9.24. The van der Waals surface area contributed by atoms with E-state index in [0.717, 1.165) is 17.1 Å². The van der Waals surface area contributed by atoms with Crippen LogP contribution in [0.5, 0.6) is 0 Å². The van der Waals surface area contributed by atoms with Crippen LogP contribution in [-0.2, 0) is 4.74 Å². The standard InChI is InChI=1S/C15H23N3O2/c1-10-6-7-13(11(2)16-10)17-12-8-18(9-12)14(19)20-15(3,4)5/h6-7,12,17H,8-9H2,1-5H3. The first kappa shape index (κ1) is 14.6. The summed E-state index contributed by atoms with van der Waals surface area (Å²) >= 11 is 0. The van der Waals surface area contributed by atoms with Gasteiger partial charge in [-0.3, -0.25) is 4.98 Å². The van der Waals surface area contributed by atoms with E-state index in [4.69, 9.17) is 4.74 Å². The highest BCUT2D eigenvalue weighted by molar-refractivity contribution is 5.69. The number of rotatable bonds is 2. The molecule has 1 N–H and O–H groups in total. The van der Waals surface area contributed by atoms with E-state index >= 15 is 0 Å². The summed E-state index contributed by atoms with van der Waals surface area (Å²) in [6.07, 6.45) is -0.241. The third-order valence-corrected chi connectivity index (χ3v) is 3.12. The van der Waals surface area contributed by atoms with Gasteiger partial charge in [-0.2, -0.15) is 0 Å². The Hall–Kier alpha value is -1.78. The smallest absolute Gasteiger partial charge is 0.410 e. The van der Waals surface area contributed by atoms with Crippen molar-refractivity contribution >= 4 is 11.8 Å². The zero-order chi connectivity index (χ0) is 14.9. The Balaban J connectivity index is 1.83. The normalized spacial score (nSPS) is 15.8. The van der Waals surface area contributed by atoms with Crippen molar-refractivity contribution in [2.45, 2.75) is 46.3 Å². The van der Waals surface area contributed by atoms with Crippen LogP contribution in [0.1, 0.15) is 32.2 Å². The first-order valence-corrected chi connectivity index (χ1v) is 6.93. The van der Waals surface area contributed by atoms with Crippen LogP contribution >= 0.6 is 0 Å². The van der Waals surface area contributed by atoms with Gasteiger partial charge in [0.1, 0.15) is 5.60 Å². The molecular formula is C15H23N3O2. The molecule has 1 saturated heterocycles. The lowest BCUT2D eigenvalue weighted by atomic mass is 10.1. The fraction of sp³-hybridized carbons (Fsp3) is 0.600. The highest BCUT2D eigenvalue weighted by Gasteiger charge is 2.33. The summed E-state index contributed by atoms with van der Waals surface area (Å²) in [4.78, 5) is 17.9. The van der Waals surface area contributed by atoms with Gasteiger partial charge >= 0.3 is 6.09 Å². The zero-order valence-corrected chi connectivity index (χ0v) is 12.9. The Morgan fingerprint density at radius 2 is 2.00 bits per heavy atom. The van der Waals surface area contributed by atoms with Crippen molar-refractivity contribution in [2.75, 3.05) is 18.4 Å². The number of likely N-dealkylation sites (tertiary alicyclic amines) is 1. The molecule has 5 heteroatoms. The second-order valence-corrected chi connectivity index (χ2v) is 6.31. The molecule has 0 spiro atoms. The van der Waals surface area contributed by atoms with Gasteiger partial charge in [-0.05, 0) is 46.8 Å². The predicted octanol–water partition coefficient (Wildman–Crippen LogP) is 2.73. The maximum atomic E-state index is 11.8. The van der Waals surface area contributed by atoms with Crippen molar-refractivity contribution in [1.82, 2.24) is 9.88 Å². The van der Waals surface area contributed by atoms with Crippen LogP contribution in [0.15, 0.2) is 12.1 Å². The average molecular weight is 277 g/mol. The molecule has 1 fully saturated rings. The summed E-state index contributed by atoms with van der Waals surface area (Å²) in [7, 11) is 0. The molecule has 0 aliphatic carbocycles. The number of amides is 1. The Morgan fingerprint density at radius 1 is 1.35 bits per heavy atom. The second kappa shape index (κ2) is 5.31. The fourth-order valence-corrected chi connectivity index (χ4v) is 2.10. The van der Waals surface area contributed by atoms with E-state index in [1.54, 1.807) is 4.90 Å². The Labute approximate surface area is 120 Å². The third-order valence-electron chi connectivity index (χ3n) is 3.12. The van der Waals surface area contributed by atoms with Crippen molar-refractivity contribution in [2.24, 2.45) is 0 Å². The van der Waals surface area contributed by atoms with Crippen molar-refractivity contribution in [3.05, 3.63) is 23.5 Å². The van der Waals surface area contributed by atoms with Crippen molar-refractivity contribution in [3.63, 3.8) is 0 Å². The Kier molecular flexibility index (Phi) is 3.88. The summed E-state index contributed by atoms with van der Waals surface area (Å²) in [5.41, 5.74) is 2.59. The quantitative estimate of drug-likeness (QED) is 0.903.